The number of aliphatic hydroxyl groups is 1. The highest BCUT2D eigenvalue weighted by atomic mass is 127. The molecular weight excluding hydrogens is 421 g/mol. The lowest BCUT2D eigenvalue weighted by molar-refractivity contribution is -0.391. The number of hydrogen-bond donors (Lipinski definition) is 1. The average molecular weight is 436 g/mol. The van der Waals surface area contributed by atoms with Crippen molar-refractivity contribution in [2.75, 3.05) is 0 Å². The van der Waals surface area contributed by atoms with Gasteiger partial charge in [0.15, 0.2) is 0 Å². The van der Waals surface area contributed by atoms with Gasteiger partial charge in [-0.25, -0.2) is 0 Å². The van der Waals surface area contributed by atoms with Gasteiger partial charge in [0.25, 0.3) is 5.60 Å². The van der Waals surface area contributed by atoms with Crippen LogP contribution >= 0.6 is 22.6 Å². The molecule has 0 aliphatic carbocycles. The van der Waals surface area contributed by atoms with Crippen LogP contribution in [0.25, 0.3) is 0 Å². The fourth-order valence-electron chi connectivity index (χ4n) is 1.39. The van der Waals surface area contributed by atoms with Gasteiger partial charge >= 0.3 is 18.3 Å². The van der Waals surface area contributed by atoms with E-state index in [1.165, 1.54) is 13.8 Å². The number of hydrogen-bond acceptors (Lipinski definition) is 3. The van der Waals surface area contributed by atoms with E-state index < -0.39 is 39.9 Å². The van der Waals surface area contributed by atoms with Crippen LogP contribution in [0.2, 0.25) is 0 Å². The summed E-state index contributed by atoms with van der Waals surface area (Å²) in [5, 5.41) is 9.20. The zero-order chi connectivity index (χ0) is 17.3. The summed E-state index contributed by atoms with van der Waals surface area (Å²) in [6.07, 6.45) is -15.5. The fraction of sp³-hybridized carbons (Fsp3) is 0.909. The van der Waals surface area contributed by atoms with Gasteiger partial charge in [0, 0.05) is 0 Å². The Morgan fingerprint density at radius 2 is 1.52 bits per heavy atom. The van der Waals surface area contributed by atoms with Gasteiger partial charge in [-0.1, -0.05) is 36.4 Å². The molecule has 0 rings (SSSR count). The van der Waals surface area contributed by atoms with Crippen molar-refractivity contribution in [2.24, 2.45) is 0 Å². The Morgan fingerprint density at radius 3 is 1.76 bits per heavy atom. The summed E-state index contributed by atoms with van der Waals surface area (Å²) in [5.74, 6) is -1.25. The van der Waals surface area contributed by atoms with E-state index in [0.717, 1.165) is 6.92 Å². The van der Waals surface area contributed by atoms with Crippen LogP contribution in [-0.2, 0) is 9.53 Å². The maximum atomic E-state index is 12.7. The van der Waals surface area contributed by atoms with E-state index in [9.17, 15) is 36.2 Å². The minimum atomic E-state index is -6.03. The summed E-state index contributed by atoms with van der Waals surface area (Å²) in [5.41, 5.74) is -5.11. The topological polar surface area (TPSA) is 46.5 Å². The molecule has 0 radical (unpaired) electrons. The van der Waals surface area contributed by atoms with Crippen LogP contribution in [0.1, 0.15) is 33.6 Å². The van der Waals surface area contributed by atoms with E-state index in [4.69, 9.17) is 0 Å². The molecule has 0 bridgehead atoms. The van der Waals surface area contributed by atoms with Crippen LogP contribution < -0.4 is 0 Å². The Labute approximate surface area is 131 Å². The van der Waals surface area contributed by atoms with Crippen molar-refractivity contribution >= 4 is 28.6 Å². The molecule has 0 aromatic carbocycles. The van der Waals surface area contributed by atoms with Crippen molar-refractivity contribution in [3.8, 4) is 0 Å². The summed E-state index contributed by atoms with van der Waals surface area (Å²) >= 11 is 1.57. The first-order valence-corrected chi connectivity index (χ1v) is 6.98. The van der Waals surface area contributed by atoms with Crippen LogP contribution in [0.3, 0.4) is 0 Å². The lowest BCUT2D eigenvalue weighted by Crippen LogP contribution is -2.65. The average Bonchev–Trinajstić information content (AvgIpc) is 2.31. The maximum absolute atomic E-state index is 12.7. The van der Waals surface area contributed by atoms with E-state index >= 15 is 0 Å². The molecule has 0 heterocycles. The number of alkyl halides is 7. The molecule has 0 saturated heterocycles. The van der Waals surface area contributed by atoms with Crippen molar-refractivity contribution < 1.29 is 41.0 Å². The zero-order valence-electron chi connectivity index (χ0n) is 11.4. The largest absolute Gasteiger partial charge is 0.458 e. The Bertz CT molecular complexity index is 363. The summed E-state index contributed by atoms with van der Waals surface area (Å²) < 4.78 is 79.3. The van der Waals surface area contributed by atoms with Gasteiger partial charge in [0.1, 0.15) is 9.53 Å². The van der Waals surface area contributed by atoms with Crippen LogP contribution in [0.5, 0.6) is 0 Å². The van der Waals surface area contributed by atoms with Gasteiger partial charge in [0.2, 0.25) is 0 Å². The number of halogens is 7. The predicted octanol–water partition coefficient (Wildman–Crippen LogP) is 3.77. The van der Waals surface area contributed by atoms with Crippen LogP contribution in [-0.4, -0.2) is 38.6 Å². The second-order valence-electron chi connectivity index (χ2n) is 4.62. The Kier molecular flexibility index (Phi) is 6.39. The third-order valence-electron chi connectivity index (χ3n) is 3.04. The molecule has 2 unspecified atom stereocenters. The lowest BCUT2D eigenvalue weighted by atomic mass is 9.92. The Balaban J connectivity index is 5.64. The molecule has 0 aromatic heterocycles. The van der Waals surface area contributed by atoms with Crippen LogP contribution in [0.15, 0.2) is 0 Å². The highest BCUT2D eigenvalue weighted by Crippen LogP contribution is 2.47. The standard InChI is InChI=1S/C11H15F6IO3/c1-4-6(21-7(19)8(3,18)5-2)9(20,10(12,13)14)11(15,16)17/h6,20H,4-5H2,1-3H3. The molecule has 0 fully saturated rings. The summed E-state index contributed by atoms with van der Waals surface area (Å²) in [7, 11) is 0. The summed E-state index contributed by atoms with van der Waals surface area (Å²) in [6.45, 7) is 3.79. The van der Waals surface area contributed by atoms with Crippen molar-refractivity contribution in [3.63, 3.8) is 0 Å². The zero-order valence-corrected chi connectivity index (χ0v) is 13.6. The molecular formula is C11H15F6IO3. The predicted molar refractivity (Wildman–Crippen MR) is 69.9 cm³/mol. The molecule has 0 spiro atoms. The minimum Gasteiger partial charge on any atom is -0.458 e. The summed E-state index contributed by atoms with van der Waals surface area (Å²) in [4.78, 5) is 11.7. The van der Waals surface area contributed by atoms with Gasteiger partial charge in [-0.3, -0.25) is 4.79 Å². The van der Waals surface area contributed by atoms with Gasteiger partial charge in [0.05, 0.1) is 0 Å². The molecule has 21 heavy (non-hydrogen) atoms. The number of rotatable bonds is 5. The second-order valence-corrected chi connectivity index (χ2v) is 7.00. The summed E-state index contributed by atoms with van der Waals surface area (Å²) in [6, 6.07) is 0. The quantitative estimate of drug-likeness (QED) is 0.309. The third kappa shape index (κ3) is 4.14. The molecule has 3 nitrogen and oxygen atoms in total. The van der Waals surface area contributed by atoms with Gasteiger partial charge in [-0.2, -0.15) is 26.3 Å². The van der Waals surface area contributed by atoms with Crippen molar-refractivity contribution in [1.82, 2.24) is 0 Å². The number of carbonyl (C=O) groups excluding carboxylic acids is 1. The van der Waals surface area contributed by atoms with Crippen LogP contribution in [0, 0.1) is 0 Å². The van der Waals surface area contributed by atoms with E-state index in [0.29, 0.717) is 0 Å². The fourth-order valence-corrected chi connectivity index (χ4v) is 1.51. The third-order valence-corrected chi connectivity index (χ3v) is 4.24. The first-order valence-electron chi connectivity index (χ1n) is 5.91. The number of carbonyl (C=O) groups is 1. The van der Waals surface area contributed by atoms with Gasteiger partial charge in [-0.05, 0) is 19.8 Å². The minimum absolute atomic E-state index is 0.138. The van der Waals surface area contributed by atoms with Gasteiger partial charge in [-0.15, -0.1) is 0 Å². The highest BCUT2D eigenvalue weighted by molar-refractivity contribution is 14.1. The normalized spacial score (nSPS) is 18.0. The smallest absolute Gasteiger partial charge is 0.430 e. The number of ether oxygens (including phenoxy) is 1. The number of esters is 1. The Hall–Kier alpha value is -0.260. The van der Waals surface area contributed by atoms with Crippen molar-refractivity contribution in [3.05, 3.63) is 0 Å². The first kappa shape index (κ1) is 20.7. The lowest BCUT2D eigenvalue weighted by Gasteiger charge is -2.38. The van der Waals surface area contributed by atoms with E-state index in [1.807, 2.05) is 0 Å². The van der Waals surface area contributed by atoms with E-state index in [2.05, 4.69) is 4.74 Å². The Morgan fingerprint density at radius 1 is 1.14 bits per heavy atom. The molecule has 0 aliphatic heterocycles. The monoisotopic (exact) mass is 436 g/mol. The molecule has 126 valence electrons. The molecule has 10 heteroatoms. The van der Waals surface area contributed by atoms with Crippen molar-refractivity contribution in [1.29, 1.82) is 0 Å². The molecule has 0 amide bonds. The van der Waals surface area contributed by atoms with E-state index in [-0.39, 0.29) is 6.42 Å². The van der Waals surface area contributed by atoms with E-state index in [1.54, 1.807) is 22.6 Å². The SMILES string of the molecule is CCC(OC(=O)C(C)(I)CC)C(O)(C(F)(F)F)C(F)(F)F. The van der Waals surface area contributed by atoms with Crippen LogP contribution in [0.4, 0.5) is 26.3 Å². The van der Waals surface area contributed by atoms with Crippen molar-refractivity contribution in [2.45, 2.75) is 61.1 Å². The first-order chi connectivity index (χ1) is 9.15. The maximum Gasteiger partial charge on any atom is 0.430 e. The molecule has 0 aliphatic rings. The second kappa shape index (κ2) is 6.47. The molecule has 1 N–H and O–H groups in total. The molecule has 0 aromatic rings. The van der Waals surface area contributed by atoms with Gasteiger partial charge < -0.3 is 9.84 Å². The highest BCUT2D eigenvalue weighted by Gasteiger charge is 2.75. The molecule has 0 saturated carbocycles. The molecule has 2 atom stereocenters.